The van der Waals surface area contributed by atoms with Gasteiger partial charge in [-0.05, 0) is 24.8 Å². The van der Waals surface area contributed by atoms with Crippen molar-refractivity contribution in [2.24, 2.45) is 11.5 Å². The summed E-state index contributed by atoms with van der Waals surface area (Å²) in [5, 5.41) is 8.62. The molecular formula is C14H20N2O4. The Kier molecular flexibility index (Phi) is 6.69. The molecule has 1 aromatic carbocycles. The molecule has 0 heterocycles. The Morgan fingerprint density at radius 2 is 1.70 bits per heavy atom. The van der Waals surface area contributed by atoms with Crippen LogP contribution in [0.1, 0.15) is 24.8 Å². The van der Waals surface area contributed by atoms with Crippen LogP contribution < -0.4 is 11.5 Å². The number of carboxylic acid groups (broad SMARTS) is 1. The van der Waals surface area contributed by atoms with Crippen molar-refractivity contribution in [3.63, 3.8) is 0 Å². The maximum Gasteiger partial charge on any atom is 0.323 e. The van der Waals surface area contributed by atoms with Crippen LogP contribution in [0.2, 0.25) is 0 Å². The number of ether oxygens (including phenoxy) is 1. The molecule has 0 aliphatic rings. The maximum absolute atomic E-state index is 11.6. The standard InChI is InChI=1S/C14H20N2O4/c15-11(13(17)18)7-4-8-12(16)14(19)20-9-10-5-2-1-3-6-10/h1-3,5-6,11-12H,4,7-9,15-16H2,(H,17,18). The van der Waals surface area contributed by atoms with E-state index in [1.54, 1.807) is 0 Å². The largest absolute Gasteiger partial charge is 0.480 e. The third-order valence-corrected chi connectivity index (χ3v) is 2.87. The molecule has 20 heavy (non-hydrogen) atoms. The van der Waals surface area contributed by atoms with Gasteiger partial charge in [0.05, 0.1) is 0 Å². The van der Waals surface area contributed by atoms with Crippen molar-refractivity contribution in [3.05, 3.63) is 35.9 Å². The molecular weight excluding hydrogens is 260 g/mol. The number of carbonyl (C=O) groups excluding carboxylic acids is 1. The summed E-state index contributed by atoms with van der Waals surface area (Å²) in [6.45, 7) is 0.183. The van der Waals surface area contributed by atoms with Gasteiger partial charge in [-0.2, -0.15) is 0 Å². The summed E-state index contributed by atoms with van der Waals surface area (Å²) in [6, 6.07) is 7.63. The SMILES string of the molecule is NC(CCCC(N)C(=O)OCc1ccccc1)C(=O)O. The van der Waals surface area contributed by atoms with Crippen LogP contribution in [0.5, 0.6) is 0 Å². The molecule has 1 rings (SSSR count). The van der Waals surface area contributed by atoms with E-state index < -0.39 is 24.0 Å². The predicted molar refractivity (Wildman–Crippen MR) is 73.7 cm³/mol. The fourth-order valence-corrected chi connectivity index (χ4v) is 1.63. The smallest absolute Gasteiger partial charge is 0.323 e. The molecule has 5 N–H and O–H groups in total. The molecule has 110 valence electrons. The van der Waals surface area contributed by atoms with Crippen molar-refractivity contribution in [1.29, 1.82) is 0 Å². The molecule has 1 aromatic rings. The molecule has 0 saturated heterocycles. The van der Waals surface area contributed by atoms with E-state index >= 15 is 0 Å². The Hall–Kier alpha value is -1.92. The first-order chi connectivity index (χ1) is 9.50. The summed E-state index contributed by atoms with van der Waals surface area (Å²) in [5.74, 6) is -1.54. The van der Waals surface area contributed by atoms with E-state index in [1.807, 2.05) is 30.3 Å². The number of rotatable bonds is 8. The minimum absolute atomic E-state index is 0.183. The highest BCUT2D eigenvalue weighted by Crippen LogP contribution is 2.06. The second-order valence-corrected chi connectivity index (χ2v) is 4.58. The summed E-state index contributed by atoms with van der Waals surface area (Å²) in [6.07, 6.45) is 1.11. The maximum atomic E-state index is 11.6. The number of carboxylic acids is 1. The normalized spacial score (nSPS) is 13.5. The lowest BCUT2D eigenvalue weighted by Crippen LogP contribution is -2.34. The zero-order chi connectivity index (χ0) is 15.0. The van der Waals surface area contributed by atoms with Gasteiger partial charge in [-0.15, -0.1) is 0 Å². The van der Waals surface area contributed by atoms with Crippen molar-refractivity contribution < 1.29 is 19.4 Å². The van der Waals surface area contributed by atoms with Crippen molar-refractivity contribution in [1.82, 2.24) is 0 Å². The third kappa shape index (κ3) is 5.81. The van der Waals surface area contributed by atoms with Crippen molar-refractivity contribution >= 4 is 11.9 Å². The molecule has 0 radical (unpaired) electrons. The first kappa shape index (κ1) is 16.1. The first-order valence-corrected chi connectivity index (χ1v) is 6.45. The summed E-state index contributed by atoms with van der Waals surface area (Å²) in [7, 11) is 0. The number of nitrogens with two attached hydrogens (primary N) is 2. The van der Waals surface area contributed by atoms with Crippen LogP contribution in [0.3, 0.4) is 0 Å². The quantitative estimate of drug-likeness (QED) is 0.602. The van der Waals surface area contributed by atoms with E-state index in [1.165, 1.54) is 0 Å². The molecule has 0 aliphatic heterocycles. The van der Waals surface area contributed by atoms with Crippen LogP contribution in [0, 0.1) is 0 Å². The van der Waals surface area contributed by atoms with Gasteiger partial charge in [-0.1, -0.05) is 30.3 Å². The molecule has 0 aliphatic carbocycles. The van der Waals surface area contributed by atoms with E-state index in [0.717, 1.165) is 5.56 Å². The third-order valence-electron chi connectivity index (χ3n) is 2.87. The Labute approximate surface area is 117 Å². The lowest BCUT2D eigenvalue weighted by atomic mass is 10.1. The zero-order valence-corrected chi connectivity index (χ0v) is 11.2. The molecule has 6 nitrogen and oxygen atoms in total. The van der Waals surface area contributed by atoms with Crippen LogP contribution in [-0.2, 0) is 20.9 Å². The number of aliphatic carboxylic acids is 1. The lowest BCUT2D eigenvalue weighted by molar-refractivity contribution is -0.146. The highest BCUT2D eigenvalue weighted by molar-refractivity contribution is 5.75. The highest BCUT2D eigenvalue weighted by Gasteiger charge is 2.17. The van der Waals surface area contributed by atoms with Crippen LogP contribution in [-0.4, -0.2) is 29.1 Å². The Morgan fingerprint density at radius 1 is 1.10 bits per heavy atom. The van der Waals surface area contributed by atoms with E-state index in [2.05, 4.69) is 0 Å². The fourth-order valence-electron chi connectivity index (χ4n) is 1.63. The molecule has 0 amide bonds. The van der Waals surface area contributed by atoms with Crippen LogP contribution in [0.4, 0.5) is 0 Å². The van der Waals surface area contributed by atoms with Gasteiger partial charge in [0, 0.05) is 0 Å². The summed E-state index contributed by atoms with van der Waals surface area (Å²) in [5.41, 5.74) is 11.9. The lowest BCUT2D eigenvalue weighted by Gasteiger charge is -2.12. The van der Waals surface area contributed by atoms with E-state index in [-0.39, 0.29) is 13.0 Å². The minimum Gasteiger partial charge on any atom is -0.480 e. The van der Waals surface area contributed by atoms with Gasteiger partial charge >= 0.3 is 11.9 Å². The molecule has 0 aromatic heterocycles. The van der Waals surface area contributed by atoms with E-state index in [9.17, 15) is 9.59 Å². The number of esters is 1. The predicted octanol–water partition coefficient (Wildman–Crippen LogP) is 0.639. The van der Waals surface area contributed by atoms with Crippen molar-refractivity contribution in [2.45, 2.75) is 38.0 Å². The van der Waals surface area contributed by atoms with Crippen LogP contribution in [0.25, 0.3) is 0 Å². The highest BCUT2D eigenvalue weighted by atomic mass is 16.5. The summed E-state index contributed by atoms with van der Waals surface area (Å²) >= 11 is 0. The summed E-state index contributed by atoms with van der Waals surface area (Å²) < 4.78 is 5.08. The van der Waals surface area contributed by atoms with Gasteiger partial charge in [0.2, 0.25) is 0 Å². The Balaban J connectivity index is 2.24. The van der Waals surface area contributed by atoms with Gasteiger partial charge in [-0.3, -0.25) is 9.59 Å². The minimum atomic E-state index is -1.05. The second kappa shape index (κ2) is 8.29. The van der Waals surface area contributed by atoms with Crippen molar-refractivity contribution in [3.8, 4) is 0 Å². The van der Waals surface area contributed by atoms with Crippen LogP contribution >= 0.6 is 0 Å². The van der Waals surface area contributed by atoms with Gasteiger partial charge in [0.25, 0.3) is 0 Å². The Morgan fingerprint density at radius 3 is 2.30 bits per heavy atom. The number of hydrogen-bond acceptors (Lipinski definition) is 5. The van der Waals surface area contributed by atoms with E-state index in [4.69, 9.17) is 21.3 Å². The summed E-state index contributed by atoms with van der Waals surface area (Å²) in [4.78, 5) is 22.2. The second-order valence-electron chi connectivity index (χ2n) is 4.58. The first-order valence-electron chi connectivity index (χ1n) is 6.45. The zero-order valence-electron chi connectivity index (χ0n) is 11.2. The molecule has 0 fully saturated rings. The molecule has 0 spiro atoms. The fraction of sp³-hybridized carbons (Fsp3) is 0.429. The number of hydrogen-bond donors (Lipinski definition) is 3. The monoisotopic (exact) mass is 280 g/mol. The Bertz CT molecular complexity index is 436. The average Bonchev–Trinajstić information content (AvgIpc) is 2.45. The topological polar surface area (TPSA) is 116 Å². The van der Waals surface area contributed by atoms with E-state index in [0.29, 0.717) is 12.8 Å². The average molecular weight is 280 g/mol. The van der Waals surface area contributed by atoms with Crippen molar-refractivity contribution in [2.75, 3.05) is 0 Å². The molecule has 2 atom stereocenters. The molecule has 2 unspecified atom stereocenters. The van der Waals surface area contributed by atoms with Gasteiger partial charge < -0.3 is 21.3 Å². The molecule has 0 bridgehead atoms. The molecule has 0 saturated carbocycles. The number of carbonyl (C=O) groups is 2. The number of benzene rings is 1. The van der Waals surface area contributed by atoms with Gasteiger partial charge in [0.15, 0.2) is 0 Å². The van der Waals surface area contributed by atoms with Gasteiger partial charge in [-0.25, -0.2) is 0 Å². The van der Waals surface area contributed by atoms with Crippen LogP contribution in [0.15, 0.2) is 30.3 Å². The molecule has 6 heteroatoms. The van der Waals surface area contributed by atoms with Gasteiger partial charge in [0.1, 0.15) is 18.7 Å².